The van der Waals surface area contributed by atoms with Crippen molar-refractivity contribution in [2.24, 2.45) is 11.8 Å². The molecule has 1 aliphatic rings. The normalized spacial score (nSPS) is 22.1. The standard InChI is InChI=1S/C12H22S/c1-3-4-7-10(2)12(13)11-8-5-6-9-11/h5-6,10-13H,3-4,7-9H2,1-2H3. The molecule has 0 saturated heterocycles. The van der Waals surface area contributed by atoms with Gasteiger partial charge in [0.2, 0.25) is 0 Å². The van der Waals surface area contributed by atoms with Gasteiger partial charge in [-0.3, -0.25) is 0 Å². The van der Waals surface area contributed by atoms with Gasteiger partial charge in [0.15, 0.2) is 0 Å². The van der Waals surface area contributed by atoms with Crippen LogP contribution in [0.5, 0.6) is 0 Å². The molecule has 1 aliphatic carbocycles. The fourth-order valence-electron chi connectivity index (χ4n) is 2.08. The molecular weight excluding hydrogens is 176 g/mol. The highest BCUT2D eigenvalue weighted by molar-refractivity contribution is 7.81. The third-order valence-corrected chi connectivity index (χ3v) is 4.05. The molecule has 0 saturated carbocycles. The lowest BCUT2D eigenvalue weighted by Gasteiger charge is -2.24. The second kappa shape index (κ2) is 5.74. The lowest BCUT2D eigenvalue weighted by atomic mass is 9.90. The molecule has 2 unspecified atom stereocenters. The molecule has 0 amide bonds. The minimum absolute atomic E-state index is 0.613. The van der Waals surface area contributed by atoms with Crippen LogP contribution in [0.2, 0.25) is 0 Å². The molecule has 0 aromatic heterocycles. The van der Waals surface area contributed by atoms with Crippen molar-refractivity contribution in [1.29, 1.82) is 0 Å². The predicted octanol–water partition coefficient (Wildman–Crippen LogP) is 4.08. The second-order valence-corrected chi connectivity index (χ2v) is 4.91. The minimum Gasteiger partial charge on any atom is -0.175 e. The van der Waals surface area contributed by atoms with E-state index in [1.807, 2.05) is 0 Å². The van der Waals surface area contributed by atoms with Crippen LogP contribution in [0.15, 0.2) is 12.2 Å². The maximum absolute atomic E-state index is 4.75. The Morgan fingerprint density at radius 3 is 2.54 bits per heavy atom. The first-order valence-corrected chi connectivity index (χ1v) is 6.10. The fourth-order valence-corrected chi connectivity index (χ4v) is 2.47. The molecule has 0 bridgehead atoms. The van der Waals surface area contributed by atoms with Crippen LogP contribution in [0.25, 0.3) is 0 Å². The Morgan fingerprint density at radius 1 is 1.38 bits per heavy atom. The van der Waals surface area contributed by atoms with Crippen molar-refractivity contribution in [3.8, 4) is 0 Å². The van der Waals surface area contributed by atoms with Crippen LogP contribution in [0.4, 0.5) is 0 Å². The van der Waals surface area contributed by atoms with Crippen LogP contribution < -0.4 is 0 Å². The van der Waals surface area contributed by atoms with Crippen molar-refractivity contribution < 1.29 is 0 Å². The van der Waals surface area contributed by atoms with Gasteiger partial charge in [-0.1, -0.05) is 38.8 Å². The van der Waals surface area contributed by atoms with Crippen LogP contribution in [-0.4, -0.2) is 5.25 Å². The predicted molar refractivity (Wildman–Crippen MR) is 63.3 cm³/mol. The van der Waals surface area contributed by atoms with E-state index < -0.39 is 0 Å². The summed E-state index contributed by atoms with van der Waals surface area (Å²) in [6.45, 7) is 4.61. The number of thiol groups is 1. The Kier molecular flexibility index (Phi) is 4.93. The highest BCUT2D eigenvalue weighted by Crippen LogP contribution is 2.31. The molecule has 0 aliphatic heterocycles. The first-order valence-electron chi connectivity index (χ1n) is 5.58. The molecule has 0 radical (unpaired) electrons. The fraction of sp³-hybridized carbons (Fsp3) is 0.833. The average Bonchev–Trinajstić information content (AvgIpc) is 2.65. The van der Waals surface area contributed by atoms with Crippen molar-refractivity contribution in [2.45, 2.75) is 51.2 Å². The van der Waals surface area contributed by atoms with Gasteiger partial charge in [-0.2, -0.15) is 12.6 Å². The van der Waals surface area contributed by atoms with Crippen LogP contribution in [0.3, 0.4) is 0 Å². The molecule has 0 fully saturated rings. The number of rotatable bonds is 5. The summed E-state index contributed by atoms with van der Waals surface area (Å²) in [6, 6.07) is 0. The van der Waals surface area contributed by atoms with E-state index in [1.54, 1.807) is 0 Å². The molecule has 0 spiro atoms. The molecule has 76 valence electrons. The van der Waals surface area contributed by atoms with Crippen molar-refractivity contribution in [3.05, 3.63) is 12.2 Å². The topological polar surface area (TPSA) is 0 Å². The van der Waals surface area contributed by atoms with Gasteiger partial charge >= 0.3 is 0 Å². The molecule has 0 nitrogen and oxygen atoms in total. The summed E-state index contributed by atoms with van der Waals surface area (Å²) in [7, 11) is 0. The van der Waals surface area contributed by atoms with Crippen LogP contribution >= 0.6 is 12.6 Å². The van der Waals surface area contributed by atoms with E-state index in [1.165, 1.54) is 32.1 Å². The summed E-state index contributed by atoms with van der Waals surface area (Å²) in [5.41, 5.74) is 0. The Balaban J connectivity index is 2.24. The van der Waals surface area contributed by atoms with E-state index in [4.69, 9.17) is 12.6 Å². The lowest BCUT2D eigenvalue weighted by molar-refractivity contribution is 0.396. The minimum atomic E-state index is 0.613. The molecule has 0 aromatic carbocycles. The van der Waals surface area contributed by atoms with Gasteiger partial charge in [0.25, 0.3) is 0 Å². The summed E-state index contributed by atoms with van der Waals surface area (Å²) in [6.07, 6.45) is 11.1. The SMILES string of the molecule is CCCCC(C)C(S)C1CC=CC1. The van der Waals surface area contributed by atoms with Crippen molar-refractivity contribution >= 4 is 12.6 Å². The van der Waals surface area contributed by atoms with E-state index in [0.717, 1.165) is 11.8 Å². The van der Waals surface area contributed by atoms with E-state index in [0.29, 0.717) is 5.25 Å². The largest absolute Gasteiger partial charge is 0.175 e. The van der Waals surface area contributed by atoms with E-state index in [-0.39, 0.29) is 0 Å². The van der Waals surface area contributed by atoms with E-state index in [2.05, 4.69) is 26.0 Å². The summed E-state index contributed by atoms with van der Waals surface area (Å²) in [4.78, 5) is 0. The van der Waals surface area contributed by atoms with Gasteiger partial charge in [0.05, 0.1) is 0 Å². The molecule has 1 rings (SSSR count). The third-order valence-electron chi connectivity index (χ3n) is 3.12. The number of hydrogen-bond donors (Lipinski definition) is 1. The Hall–Kier alpha value is 0.0900. The van der Waals surface area contributed by atoms with Crippen LogP contribution in [0.1, 0.15) is 46.0 Å². The van der Waals surface area contributed by atoms with E-state index >= 15 is 0 Å². The Morgan fingerprint density at radius 2 is 2.00 bits per heavy atom. The maximum atomic E-state index is 4.75. The first kappa shape index (κ1) is 11.2. The number of unbranched alkanes of at least 4 members (excludes halogenated alkanes) is 1. The Bertz CT molecular complexity index is 155. The van der Waals surface area contributed by atoms with Crippen LogP contribution in [-0.2, 0) is 0 Å². The van der Waals surface area contributed by atoms with Crippen molar-refractivity contribution in [2.75, 3.05) is 0 Å². The van der Waals surface area contributed by atoms with Gasteiger partial charge in [-0.15, -0.1) is 0 Å². The average molecular weight is 198 g/mol. The maximum Gasteiger partial charge on any atom is 0.00766 e. The molecule has 2 atom stereocenters. The molecule has 1 heteroatoms. The molecule has 0 aromatic rings. The lowest BCUT2D eigenvalue weighted by Crippen LogP contribution is -2.20. The van der Waals surface area contributed by atoms with Gasteiger partial charge in [0.1, 0.15) is 0 Å². The second-order valence-electron chi connectivity index (χ2n) is 4.31. The molecule has 13 heavy (non-hydrogen) atoms. The van der Waals surface area contributed by atoms with E-state index in [9.17, 15) is 0 Å². The summed E-state index contributed by atoms with van der Waals surface area (Å²) in [5, 5.41) is 0.613. The smallest absolute Gasteiger partial charge is 0.00766 e. The zero-order chi connectivity index (χ0) is 9.68. The number of hydrogen-bond acceptors (Lipinski definition) is 1. The highest BCUT2D eigenvalue weighted by atomic mass is 32.1. The third kappa shape index (κ3) is 3.38. The molecule has 0 N–H and O–H groups in total. The molecule has 0 heterocycles. The highest BCUT2D eigenvalue weighted by Gasteiger charge is 2.23. The van der Waals surface area contributed by atoms with Gasteiger partial charge in [-0.05, 0) is 31.1 Å². The van der Waals surface area contributed by atoms with Gasteiger partial charge < -0.3 is 0 Å². The zero-order valence-electron chi connectivity index (χ0n) is 8.87. The zero-order valence-corrected chi connectivity index (χ0v) is 9.76. The Labute approximate surface area is 88.2 Å². The first-order chi connectivity index (χ1) is 6.25. The van der Waals surface area contributed by atoms with Crippen molar-refractivity contribution in [1.82, 2.24) is 0 Å². The van der Waals surface area contributed by atoms with Crippen LogP contribution in [0, 0.1) is 11.8 Å². The summed E-state index contributed by atoms with van der Waals surface area (Å²) >= 11 is 4.75. The summed E-state index contributed by atoms with van der Waals surface area (Å²) < 4.78 is 0. The summed E-state index contributed by atoms with van der Waals surface area (Å²) in [5.74, 6) is 1.60. The molecular formula is C12H22S. The van der Waals surface area contributed by atoms with Gasteiger partial charge in [0, 0.05) is 5.25 Å². The van der Waals surface area contributed by atoms with Crippen molar-refractivity contribution in [3.63, 3.8) is 0 Å². The number of allylic oxidation sites excluding steroid dienone is 2. The monoisotopic (exact) mass is 198 g/mol. The van der Waals surface area contributed by atoms with Gasteiger partial charge in [-0.25, -0.2) is 0 Å². The quantitative estimate of drug-likeness (QED) is 0.499.